The maximum Gasteiger partial charge on any atom is 0.422 e. The standard InChI is InChI=1S/C34H41ClF3N7O5.CH2O/c1-33(2,20-46)19-42-30(47)24-6-8-26(9-7-24)44-31(45-32(43-22-39)50-21-34(36,37)38)41-18-23-5-14-29(28(35)17-23)49-16-4-15-40-25-10-12-27(48-3)13-11-25;1-2/h5-14,17,22,40,46H,4,15-16,18-21H2,1-3H3,(H,42,47)(H3,39,41,43,44,45);1H2. The number of hydrogen-bond donors (Lipinski definition) is 5. The summed E-state index contributed by atoms with van der Waals surface area (Å²) in [6.45, 7) is 5.23. The molecular weight excluding hydrogens is 707 g/mol. The molecule has 0 aliphatic heterocycles. The monoisotopic (exact) mass is 749 g/mol. The summed E-state index contributed by atoms with van der Waals surface area (Å²) in [7, 11) is 1.61. The van der Waals surface area contributed by atoms with Crippen LogP contribution < -0.4 is 31.2 Å². The summed E-state index contributed by atoms with van der Waals surface area (Å²) in [6.07, 6.45) is -3.20. The van der Waals surface area contributed by atoms with Gasteiger partial charge >= 0.3 is 12.2 Å². The van der Waals surface area contributed by atoms with Crippen molar-refractivity contribution in [1.82, 2.24) is 5.32 Å². The molecule has 3 aromatic rings. The summed E-state index contributed by atoms with van der Waals surface area (Å²) >= 11 is 6.47. The van der Waals surface area contributed by atoms with Crippen LogP contribution in [0.25, 0.3) is 0 Å². The number of anilines is 2. The zero-order chi connectivity index (χ0) is 38.6. The number of methoxy groups -OCH3 is 1. The number of nitrogens with one attached hydrogen (secondary N) is 3. The molecule has 0 fully saturated rings. The summed E-state index contributed by atoms with van der Waals surface area (Å²) in [6, 6.07) is 18.2. The van der Waals surface area contributed by atoms with Gasteiger partial charge in [0.05, 0.1) is 31.6 Å². The second-order valence-electron chi connectivity index (χ2n) is 11.5. The molecule has 1 amide bonds. The molecule has 0 aliphatic rings. The highest BCUT2D eigenvalue weighted by Crippen LogP contribution is 2.26. The van der Waals surface area contributed by atoms with Crippen LogP contribution >= 0.6 is 11.6 Å². The van der Waals surface area contributed by atoms with E-state index in [9.17, 15) is 23.1 Å². The Bertz CT molecular complexity index is 1640. The first-order valence-electron chi connectivity index (χ1n) is 15.7. The van der Waals surface area contributed by atoms with Gasteiger partial charge in [-0.25, -0.2) is 4.99 Å². The maximum atomic E-state index is 12.9. The number of nitrogens with zero attached hydrogens (tertiary/aromatic N) is 3. The molecule has 3 rings (SSSR count). The van der Waals surface area contributed by atoms with Crippen molar-refractivity contribution in [2.75, 3.05) is 50.7 Å². The number of ether oxygens (including phenoxy) is 3. The largest absolute Gasteiger partial charge is 0.497 e. The van der Waals surface area contributed by atoms with Crippen LogP contribution in [0.4, 0.5) is 24.5 Å². The molecule has 0 saturated carbocycles. The fourth-order valence-electron chi connectivity index (χ4n) is 3.94. The molecule has 0 radical (unpaired) electrons. The van der Waals surface area contributed by atoms with Gasteiger partial charge in [-0.2, -0.15) is 23.2 Å². The molecule has 52 heavy (non-hydrogen) atoms. The van der Waals surface area contributed by atoms with E-state index in [4.69, 9.17) is 36.3 Å². The van der Waals surface area contributed by atoms with Gasteiger partial charge in [0.2, 0.25) is 5.96 Å². The summed E-state index contributed by atoms with van der Waals surface area (Å²) in [5, 5.41) is 18.7. The van der Waals surface area contributed by atoms with Crippen molar-refractivity contribution in [3.8, 4) is 11.5 Å². The number of rotatable bonds is 15. The van der Waals surface area contributed by atoms with Crippen LogP contribution in [-0.4, -0.2) is 82.3 Å². The number of aliphatic hydroxyl groups excluding tert-OH is 1. The summed E-state index contributed by atoms with van der Waals surface area (Å²) in [4.78, 5) is 32.6. The van der Waals surface area contributed by atoms with Crippen molar-refractivity contribution in [1.29, 1.82) is 0 Å². The Hall–Kier alpha value is -5.35. The SMILES string of the molecule is C=O.COc1ccc(NCCCOc2ccc(CN=C(/N=C(\N=C\N)OCC(F)(F)F)Nc3ccc(C(=O)NCC(C)(C)CO)cc3)cc2Cl)cc1. The highest BCUT2D eigenvalue weighted by molar-refractivity contribution is 6.32. The first-order valence-corrected chi connectivity index (χ1v) is 16.1. The van der Waals surface area contributed by atoms with Gasteiger partial charge in [0.1, 0.15) is 18.3 Å². The van der Waals surface area contributed by atoms with E-state index in [1.54, 1.807) is 37.4 Å². The molecule has 17 heteroatoms. The number of aliphatic hydroxyl groups is 1. The third-order valence-electron chi connectivity index (χ3n) is 6.72. The Balaban J connectivity index is 0.00000460. The van der Waals surface area contributed by atoms with E-state index >= 15 is 0 Å². The predicted octanol–water partition coefficient (Wildman–Crippen LogP) is 5.68. The van der Waals surface area contributed by atoms with Crippen LogP contribution in [0.1, 0.15) is 36.2 Å². The number of hydrogen-bond acceptors (Lipinski definition) is 8. The quantitative estimate of drug-likeness (QED) is 0.0742. The third-order valence-corrected chi connectivity index (χ3v) is 7.01. The normalized spacial score (nSPS) is 12.1. The third kappa shape index (κ3) is 16.1. The number of amides is 1. The van der Waals surface area contributed by atoms with Gasteiger partial charge in [0.25, 0.3) is 5.91 Å². The van der Waals surface area contributed by atoms with E-state index < -0.39 is 24.2 Å². The van der Waals surface area contributed by atoms with Gasteiger partial charge in [0.15, 0.2) is 6.61 Å². The minimum absolute atomic E-state index is 0.0115. The first kappa shape index (κ1) is 42.8. The van der Waals surface area contributed by atoms with Crippen LogP contribution in [0, 0.1) is 5.41 Å². The fourth-order valence-corrected chi connectivity index (χ4v) is 4.19. The number of benzene rings is 3. The number of nitrogens with two attached hydrogens (primary N) is 1. The smallest absolute Gasteiger partial charge is 0.422 e. The lowest BCUT2D eigenvalue weighted by atomic mass is 9.95. The van der Waals surface area contributed by atoms with Crippen LogP contribution in [0.5, 0.6) is 11.5 Å². The van der Waals surface area contributed by atoms with Crippen molar-refractivity contribution in [3.63, 3.8) is 0 Å². The summed E-state index contributed by atoms with van der Waals surface area (Å²) in [5.41, 5.74) is 7.18. The molecule has 0 aliphatic carbocycles. The lowest BCUT2D eigenvalue weighted by molar-refractivity contribution is -0.156. The van der Waals surface area contributed by atoms with Crippen LogP contribution in [0.15, 0.2) is 81.7 Å². The molecule has 13 nitrogen and oxygen atoms in total. The molecule has 282 valence electrons. The molecule has 0 bridgehead atoms. The summed E-state index contributed by atoms with van der Waals surface area (Å²) < 4.78 is 54.3. The molecule has 0 saturated heterocycles. The van der Waals surface area contributed by atoms with E-state index in [0.29, 0.717) is 47.2 Å². The van der Waals surface area contributed by atoms with E-state index in [2.05, 4.69) is 30.9 Å². The molecule has 3 aromatic carbocycles. The molecule has 0 atom stereocenters. The lowest BCUT2D eigenvalue weighted by Crippen LogP contribution is -2.36. The highest BCUT2D eigenvalue weighted by Gasteiger charge is 2.29. The first-order chi connectivity index (χ1) is 24.8. The van der Waals surface area contributed by atoms with E-state index in [1.165, 1.54) is 12.1 Å². The van der Waals surface area contributed by atoms with E-state index in [1.807, 2.05) is 44.9 Å². The maximum absolute atomic E-state index is 12.9. The minimum Gasteiger partial charge on any atom is -0.497 e. The van der Waals surface area contributed by atoms with E-state index in [-0.39, 0.29) is 31.6 Å². The van der Waals surface area contributed by atoms with Crippen LogP contribution in [-0.2, 0) is 16.1 Å². The highest BCUT2D eigenvalue weighted by atomic mass is 35.5. The number of carbonyl (C=O) groups excluding carboxylic acids is 2. The zero-order valence-corrected chi connectivity index (χ0v) is 29.8. The number of amidine groups is 1. The predicted molar refractivity (Wildman–Crippen MR) is 197 cm³/mol. The van der Waals surface area contributed by atoms with Crippen molar-refractivity contribution in [2.24, 2.45) is 26.1 Å². The Morgan fingerprint density at radius 1 is 1.04 bits per heavy atom. The van der Waals surface area contributed by atoms with Gasteiger partial charge in [-0.3, -0.25) is 4.79 Å². The molecule has 6 N–H and O–H groups in total. The topological polar surface area (TPSA) is 181 Å². The van der Waals surface area contributed by atoms with Crippen LogP contribution in [0.3, 0.4) is 0 Å². The van der Waals surface area contributed by atoms with Crippen LogP contribution in [0.2, 0.25) is 5.02 Å². The second-order valence-corrected chi connectivity index (χ2v) is 12.0. The minimum atomic E-state index is -4.65. The van der Waals surface area contributed by atoms with Crippen molar-refractivity contribution < 1.29 is 42.1 Å². The zero-order valence-electron chi connectivity index (χ0n) is 29.0. The van der Waals surface area contributed by atoms with E-state index in [0.717, 1.165) is 17.8 Å². The van der Waals surface area contributed by atoms with Gasteiger partial charge < -0.3 is 45.8 Å². The number of alkyl halides is 3. The molecule has 0 unspecified atom stereocenters. The average molecular weight is 750 g/mol. The second kappa shape index (κ2) is 21.8. The molecule has 0 heterocycles. The lowest BCUT2D eigenvalue weighted by Gasteiger charge is -2.21. The van der Waals surface area contributed by atoms with Gasteiger partial charge in [-0.1, -0.05) is 31.5 Å². The average Bonchev–Trinajstić information content (AvgIpc) is 3.13. The Morgan fingerprint density at radius 2 is 1.71 bits per heavy atom. The number of guanidine groups is 1. The van der Waals surface area contributed by atoms with Crippen molar-refractivity contribution in [2.45, 2.75) is 33.0 Å². The van der Waals surface area contributed by atoms with Gasteiger partial charge in [-0.05, 0) is 72.6 Å². The van der Waals surface area contributed by atoms with Crippen molar-refractivity contribution in [3.05, 3.63) is 82.9 Å². The molecule has 0 spiro atoms. The molecular formula is C35H43ClF3N7O6. The fraction of sp³-hybridized carbons (Fsp3) is 0.343. The Morgan fingerprint density at radius 3 is 2.31 bits per heavy atom. The number of aliphatic imine (C=N–C) groups is 3. The molecule has 0 aromatic heterocycles. The Kier molecular flexibility index (Phi) is 17.9. The van der Waals surface area contributed by atoms with Gasteiger partial charge in [-0.15, -0.1) is 0 Å². The Labute approximate surface area is 305 Å². The van der Waals surface area contributed by atoms with Gasteiger partial charge in [0, 0.05) is 42.0 Å². The summed E-state index contributed by atoms with van der Waals surface area (Å²) in [5.74, 6) is 0.746. The van der Waals surface area contributed by atoms with Crippen molar-refractivity contribution >= 4 is 54.0 Å². The number of carbonyl (C=O) groups is 2. The number of halogens is 4.